The fourth-order valence-electron chi connectivity index (χ4n) is 1.95. The van der Waals surface area contributed by atoms with Gasteiger partial charge in [0.2, 0.25) is 0 Å². The van der Waals surface area contributed by atoms with Crippen molar-refractivity contribution in [1.29, 1.82) is 0 Å². The predicted octanol–water partition coefficient (Wildman–Crippen LogP) is -0.249. The second-order valence-electron chi connectivity index (χ2n) is 4.76. The largest absolute Gasteiger partial charge is 0.330 e. The highest BCUT2D eigenvalue weighted by molar-refractivity contribution is 4.68. The Hall–Kier alpha value is -0.200. The molecule has 8 N–H and O–H groups in total. The molecule has 0 radical (unpaired) electrons. The molecule has 0 atom stereocenters. The topological polar surface area (TPSA) is 102 Å². The predicted molar refractivity (Wildman–Crippen MR) is 79.5 cm³/mol. The van der Waals surface area contributed by atoms with Gasteiger partial charge in [0.25, 0.3) is 0 Å². The number of hydrogen-bond donors (Lipinski definition) is 5. The van der Waals surface area contributed by atoms with E-state index in [0.717, 1.165) is 77.8 Å². The van der Waals surface area contributed by atoms with Crippen LogP contribution in [0.4, 0.5) is 0 Å². The molecule has 0 aliphatic rings. The maximum atomic E-state index is 5.56. The Morgan fingerprint density at radius 2 is 1.22 bits per heavy atom. The molecule has 0 saturated heterocycles. The van der Waals surface area contributed by atoms with E-state index >= 15 is 0 Å². The van der Waals surface area contributed by atoms with Gasteiger partial charge in [-0.2, -0.15) is 0 Å². The minimum atomic E-state index is 0.584. The second kappa shape index (κ2) is 14.9. The monoisotopic (exact) mass is 259 g/mol. The van der Waals surface area contributed by atoms with Crippen molar-refractivity contribution in [2.45, 2.75) is 44.6 Å². The first-order valence-corrected chi connectivity index (χ1v) is 7.39. The van der Waals surface area contributed by atoms with Crippen LogP contribution in [-0.2, 0) is 0 Å². The molecule has 0 bridgehead atoms. The van der Waals surface area contributed by atoms with Crippen molar-refractivity contribution in [1.82, 2.24) is 10.6 Å². The van der Waals surface area contributed by atoms with Crippen molar-refractivity contribution in [3.63, 3.8) is 0 Å². The maximum absolute atomic E-state index is 5.56. The van der Waals surface area contributed by atoms with Crippen molar-refractivity contribution in [2.24, 2.45) is 17.2 Å². The first kappa shape index (κ1) is 17.8. The highest BCUT2D eigenvalue weighted by Crippen LogP contribution is 2.03. The summed E-state index contributed by atoms with van der Waals surface area (Å²) in [7, 11) is 0. The lowest BCUT2D eigenvalue weighted by Crippen LogP contribution is -2.32. The molecule has 0 unspecified atom stereocenters. The van der Waals surface area contributed by atoms with E-state index < -0.39 is 0 Å². The highest BCUT2D eigenvalue weighted by atomic mass is 14.9. The minimum absolute atomic E-state index is 0.584. The summed E-state index contributed by atoms with van der Waals surface area (Å²) in [6.45, 7) is 5.48. The van der Waals surface area contributed by atoms with Crippen LogP contribution in [0.5, 0.6) is 0 Å². The van der Waals surface area contributed by atoms with Gasteiger partial charge in [0, 0.05) is 6.04 Å². The zero-order chi connectivity index (χ0) is 13.5. The maximum Gasteiger partial charge on any atom is 0.00680 e. The zero-order valence-electron chi connectivity index (χ0n) is 11.8. The number of nitrogens with one attached hydrogen (secondary N) is 2. The third-order valence-electron chi connectivity index (χ3n) is 3.03. The van der Waals surface area contributed by atoms with E-state index in [2.05, 4.69) is 10.6 Å². The zero-order valence-corrected chi connectivity index (χ0v) is 11.8. The molecule has 0 rings (SSSR count). The molecule has 0 saturated carbocycles. The van der Waals surface area contributed by atoms with Crippen LogP contribution in [0.25, 0.3) is 0 Å². The van der Waals surface area contributed by atoms with Gasteiger partial charge in [-0.15, -0.1) is 0 Å². The summed E-state index contributed by atoms with van der Waals surface area (Å²) in [4.78, 5) is 0. The number of rotatable bonds is 14. The SMILES string of the molecule is NCCCNCCCNC(CCCN)CCCN. The molecule has 5 heteroatoms. The molecule has 0 aliphatic carbocycles. The van der Waals surface area contributed by atoms with Crippen LogP contribution in [0.2, 0.25) is 0 Å². The minimum Gasteiger partial charge on any atom is -0.330 e. The first-order valence-electron chi connectivity index (χ1n) is 7.39. The third-order valence-corrected chi connectivity index (χ3v) is 3.03. The van der Waals surface area contributed by atoms with Crippen LogP contribution in [0.3, 0.4) is 0 Å². The molecular weight excluding hydrogens is 226 g/mol. The van der Waals surface area contributed by atoms with Gasteiger partial charge in [0.05, 0.1) is 0 Å². The van der Waals surface area contributed by atoms with Crippen LogP contribution < -0.4 is 27.8 Å². The van der Waals surface area contributed by atoms with Crippen molar-refractivity contribution in [3.05, 3.63) is 0 Å². The van der Waals surface area contributed by atoms with Crippen LogP contribution >= 0.6 is 0 Å². The summed E-state index contributed by atoms with van der Waals surface area (Å²) < 4.78 is 0. The Labute approximate surface area is 112 Å². The standard InChI is InChI=1S/C13H33N5/c14-7-1-5-13(6-2-8-15)18-12-4-11-17-10-3-9-16/h13,17-18H,1-12,14-16H2. The van der Waals surface area contributed by atoms with Gasteiger partial charge in [-0.3, -0.25) is 0 Å². The molecule has 110 valence electrons. The average Bonchev–Trinajstić information content (AvgIpc) is 2.40. The van der Waals surface area contributed by atoms with E-state index in [1.807, 2.05) is 0 Å². The molecule has 0 aromatic heterocycles. The summed E-state index contributed by atoms with van der Waals surface area (Å²) in [5.41, 5.74) is 16.5. The van der Waals surface area contributed by atoms with E-state index in [4.69, 9.17) is 17.2 Å². The Kier molecular flexibility index (Phi) is 14.7. The summed E-state index contributed by atoms with van der Waals surface area (Å²) in [6.07, 6.45) is 6.73. The fourth-order valence-corrected chi connectivity index (χ4v) is 1.95. The molecule has 0 aliphatic heterocycles. The van der Waals surface area contributed by atoms with E-state index in [-0.39, 0.29) is 0 Å². The lowest BCUT2D eigenvalue weighted by Gasteiger charge is -2.18. The molecule has 0 amide bonds. The van der Waals surface area contributed by atoms with Crippen molar-refractivity contribution >= 4 is 0 Å². The van der Waals surface area contributed by atoms with Gasteiger partial charge in [-0.25, -0.2) is 0 Å². The fraction of sp³-hybridized carbons (Fsp3) is 1.00. The van der Waals surface area contributed by atoms with Crippen LogP contribution in [0.15, 0.2) is 0 Å². The lowest BCUT2D eigenvalue weighted by atomic mass is 10.1. The Morgan fingerprint density at radius 1 is 0.667 bits per heavy atom. The molecule has 0 heterocycles. The lowest BCUT2D eigenvalue weighted by molar-refractivity contribution is 0.428. The Bertz CT molecular complexity index is 146. The van der Waals surface area contributed by atoms with Crippen molar-refractivity contribution in [3.8, 4) is 0 Å². The Balaban J connectivity index is 3.43. The van der Waals surface area contributed by atoms with Gasteiger partial charge >= 0.3 is 0 Å². The summed E-state index contributed by atoms with van der Waals surface area (Å²) in [6, 6.07) is 0.584. The summed E-state index contributed by atoms with van der Waals surface area (Å²) in [5.74, 6) is 0. The highest BCUT2D eigenvalue weighted by Gasteiger charge is 2.06. The molecule has 0 aromatic rings. The number of nitrogens with two attached hydrogens (primary N) is 3. The summed E-state index contributed by atoms with van der Waals surface area (Å²) in [5, 5.41) is 6.99. The smallest absolute Gasteiger partial charge is 0.00680 e. The van der Waals surface area contributed by atoms with Crippen molar-refractivity contribution in [2.75, 3.05) is 39.3 Å². The van der Waals surface area contributed by atoms with E-state index in [0.29, 0.717) is 6.04 Å². The molecule has 0 spiro atoms. The van der Waals surface area contributed by atoms with Crippen LogP contribution in [-0.4, -0.2) is 45.3 Å². The number of hydrogen-bond acceptors (Lipinski definition) is 5. The van der Waals surface area contributed by atoms with Gasteiger partial charge in [-0.1, -0.05) is 0 Å². The molecule has 5 nitrogen and oxygen atoms in total. The molecular formula is C13H33N5. The van der Waals surface area contributed by atoms with Gasteiger partial charge in [-0.05, 0) is 77.8 Å². The van der Waals surface area contributed by atoms with Crippen LogP contribution in [0, 0.1) is 0 Å². The van der Waals surface area contributed by atoms with Gasteiger partial charge in [0.1, 0.15) is 0 Å². The normalized spacial score (nSPS) is 11.3. The van der Waals surface area contributed by atoms with Crippen LogP contribution in [0.1, 0.15) is 38.5 Å². The van der Waals surface area contributed by atoms with Gasteiger partial charge < -0.3 is 27.8 Å². The summed E-state index contributed by atoms with van der Waals surface area (Å²) >= 11 is 0. The quantitative estimate of drug-likeness (QED) is 0.277. The van der Waals surface area contributed by atoms with E-state index in [1.54, 1.807) is 0 Å². The van der Waals surface area contributed by atoms with Crippen molar-refractivity contribution < 1.29 is 0 Å². The molecule has 0 fully saturated rings. The van der Waals surface area contributed by atoms with Gasteiger partial charge in [0.15, 0.2) is 0 Å². The third kappa shape index (κ3) is 12.3. The second-order valence-corrected chi connectivity index (χ2v) is 4.76. The first-order chi connectivity index (χ1) is 8.85. The van der Waals surface area contributed by atoms with E-state index in [1.165, 1.54) is 0 Å². The van der Waals surface area contributed by atoms with E-state index in [9.17, 15) is 0 Å². The average molecular weight is 259 g/mol. The molecule has 0 aromatic carbocycles. The Morgan fingerprint density at radius 3 is 1.78 bits per heavy atom. The molecule has 18 heavy (non-hydrogen) atoms.